The fraction of sp³-hybridized carbons (Fsp3) is 0.909. The van der Waals surface area contributed by atoms with Gasteiger partial charge in [0.25, 0.3) is 0 Å². The number of rotatable bonds is 3. The Kier molecular flexibility index (Phi) is 3.91. The fourth-order valence-corrected chi connectivity index (χ4v) is 2.38. The van der Waals surface area contributed by atoms with Gasteiger partial charge < -0.3 is 4.74 Å². The van der Waals surface area contributed by atoms with E-state index in [4.69, 9.17) is 4.74 Å². The lowest BCUT2D eigenvalue weighted by Crippen LogP contribution is -2.31. The van der Waals surface area contributed by atoms with Gasteiger partial charge in [-0.3, -0.25) is 4.79 Å². The van der Waals surface area contributed by atoms with Crippen molar-refractivity contribution in [1.82, 2.24) is 0 Å². The van der Waals surface area contributed by atoms with Gasteiger partial charge in [-0.05, 0) is 24.2 Å². The van der Waals surface area contributed by atoms with Gasteiger partial charge in [-0.15, -0.1) is 0 Å². The lowest BCUT2D eigenvalue weighted by Gasteiger charge is -2.33. The molecule has 2 heteroatoms. The maximum atomic E-state index is 11.3. The van der Waals surface area contributed by atoms with E-state index in [1.165, 1.54) is 0 Å². The highest BCUT2D eigenvalue weighted by Crippen LogP contribution is 2.33. The minimum atomic E-state index is 0.416. The Bertz CT molecular complexity index is 175. The highest BCUT2D eigenvalue weighted by Gasteiger charge is 2.30. The van der Waals surface area contributed by atoms with Crippen molar-refractivity contribution in [3.8, 4) is 0 Å². The van der Waals surface area contributed by atoms with Crippen molar-refractivity contribution in [3.63, 3.8) is 0 Å². The molecule has 2 atom stereocenters. The Labute approximate surface area is 80.7 Å². The SMILES string of the molecule is COCC1CC(=O)CCC1C(C)C. The van der Waals surface area contributed by atoms with E-state index in [-0.39, 0.29) is 0 Å². The number of carbonyl (C=O) groups is 1. The van der Waals surface area contributed by atoms with Crippen LogP contribution in [0, 0.1) is 17.8 Å². The van der Waals surface area contributed by atoms with Gasteiger partial charge in [0.1, 0.15) is 5.78 Å². The molecule has 0 N–H and O–H groups in total. The highest BCUT2D eigenvalue weighted by molar-refractivity contribution is 5.79. The van der Waals surface area contributed by atoms with Gasteiger partial charge in [0.2, 0.25) is 0 Å². The smallest absolute Gasteiger partial charge is 0.133 e. The van der Waals surface area contributed by atoms with Crippen LogP contribution in [0.4, 0.5) is 0 Å². The van der Waals surface area contributed by atoms with E-state index in [1.54, 1.807) is 7.11 Å². The Morgan fingerprint density at radius 2 is 2.23 bits per heavy atom. The van der Waals surface area contributed by atoms with Crippen LogP contribution in [0.25, 0.3) is 0 Å². The average Bonchev–Trinajstić information content (AvgIpc) is 2.04. The maximum absolute atomic E-state index is 11.3. The second-order valence-electron chi connectivity index (χ2n) is 4.40. The van der Waals surface area contributed by atoms with Crippen LogP contribution in [0.5, 0.6) is 0 Å². The summed E-state index contributed by atoms with van der Waals surface area (Å²) in [5, 5.41) is 0. The summed E-state index contributed by atoms with van der Waals surface area (Å²) in [6.45, 7) is 5.22. The van der Waals surface area contributed by atoms with Crippen LogP contribution in [0.3, 0.4) is 0 Å². The molecule has 0 aromatic heterocycles. The molecule has 1 aliphatic rings. The molecular weight excluding hydrogens is 164 g/mol. The second-order valence-corrected chi connectivity index (χ2v) is 4.40. The zero-order chi connectivity index (χ0) is 9.84. The van der Waals surface area contributed by atoms with Crippen molar-refractivity contribution in [2.75, 3.05) is 13.7 Å². The number of methoxy groups -OCH3 is 1. The molecule has 2 unspecified atom stereocenters. The van der Waals surface area contributed by atoms with E-state index in [9.17, 15) is 4.79 Å². The molecule has 1 rings (SSSR count). The van der Waals surface area contributed by atoms with Crippen molar-refractivity contribution in [3.05, 3.63) is 0 Å². The molecule has 0 spiro atoms. The van der Waals surface area contributed by atoms with Gasteiger partial charge >= 0.3 is 0 Å². The quantitative estimate of drug-likeness (QED) is 0.672. The molecule has 0 radical (unpaired) electrons. The molecule has 0 amide bonds. The summed E-state index contributed by atoms with van der Waals surface area (Å²) in [5.74, 6) is 2.23. The lowest BCUT2D eigenvalue weighted by atomic mass is 9.73. The van der Waals surface area contributed by atoms with E-state index < -0.39 is 0 Å². The number of Topliss-reactive ketones (excluding diaryl/α,β-unsaturated/α-hetero) is 1. The second kappa shape index (κ2) is 4.75. The lowest BCUT2D eigenvalue weighted by molar-refractivity contribution is -0.124. The molecule has 0 aliphatic heterocycles. The molecule has 0 aromatic carbocycles. The molecule has 0 aromatic rings. The first-order valence-corrected chi connectivity index (χ1v) is 5.15. The van der Waals surface area contributed by atoms with Crippen molar-refractivity contribution >= 4 is 5.78 Å². The summed E-state index contributed by atoms with van der Waals surface area (Å²) in [6, 6.07) is 0. The van der Waals surface area contributed by atoms with Gasteiger partial charge in [0, 0.05) is 26.6 Å². The fourth-order valence-electron chi connectivity index (χ4n) is 2.38. The number of hydrogen-bond donors (Lipinski definition) is 0. The molecular formula is C11H20O2. The van der Waals surface area contributed by atoms with Crippen LogP contribution in [0.15, 0.2) is 0 Å². The van der Waals surface area contributed by atoms with Gasteiger partial charge in [0.15, 0.2) is 0 Å². The van der Waals surface area contributed by atoms with Crippen molar-refractivity contribution in [2.24, 2.45) is 17.8 Å². The first-order valence-electron chi connectivity index (χ1n) is 5.15. The summed E-state index contributed by atoms with van der Waals surface area (Å²) < 4.78 is 5.16. The van der Waals surface area contributed by atoms with Crippen LogP contribution in [0.2, 0.25) is 0 Å². The standard InChI is InChI=1S/C11H20O2/c1-8(2)11-5-4-10(12)6-9(11)7-13-3/h8-9,11H,4-7H2,1-3H3. The van der Waals surface area contributed by atoms with Crippen LogP contribution in [-0.4, -0.2) is 19.5 Å². The van der Waals surface area contributed by atoms with E-state index in [2.05, 4.69) is 13.8 Å². The molecule has 76 valence electrons. The van der Waals surface area contributed by atoms with Crippen LogP contribution in [0.1, 0.15) is 33.1 Å². The Morgan fingerprint density at radius 3 is 2.77 bits per heavy atom. The van der Waals surface area contributed by atoms with Gasteiger partial charge in [-0.25, -0.2) is 0 Å². The summed E-state index contributed by atoms with van der Waals surface area (Å²) in [6.07, 6.45) is 2.57. The summed E-state index contributed by atoms with van der Waals surface area (Å²) in [7, 11) is 1.72. The Hall–Kier alpha value is -0.370. The summed E-state index contributed by atoms with van der Waals surface area (Å²) in [4.78, 5) is 11.3. The monoisotopic (exact) mass is 184 g/mol. The zero-order valence-corrected chi connectivity index (χ0v) is 8.88. The topological polar surface area (TPSA) is 26.3 Å². The first kappa shape index (κ1) is 10.7. The predicted octanol–water partition coefficient (Wildman–Crippen LogP) is 2.27. The molecule has 13 heavy (non-hydrogen) atoms. The highest BCUT2D eigenvalue weighted by atomic mass is 16.5. The third-order valence-corrected chi connectivity index (χ3v) is 3.09. The average molecular weight is 184 g/mol. The normalized spacial score (nSPS) is 29.7. The van der Waals surface area contributed by atoms with Crippen molar-refractivity contribution in [2.45, 2.75) is 33.1 Å². The predicted molar refractivity (Wildman–Crippen MR) is 52.6 cm³/mol. The molecule has 1 fully saturated rings. The minimum absolute atomic E-state index is 0.416. The first-order chi connectivity index (χ1) is 6.15. The summed E-state index contributed by atoms with van der Waals surface area (Å²) >= 11 is 0. The van der Waals surface area contributed by atoms with E-state index in [0.717, 1.165) is 25.9 Å². The van der Waals surface area contributed by atoms with Crippen LogP contribution in [-0.2, 0) is 9.53 Å². The molecule has 1 aliphatic carbocycles. The van der Waals surface area contributed by atoms with Crippen molar-refractivity contribution in [1.29, 1.82) is 0 Å². The minimum Gasteiger partial charge on any atom is -0.384 e. The van der Waals surface area contributed by atoms with Gasteiger partial charge in [-0.1, -0.05) is 13.8 Å². The number of ether oxygens (including phenoxy) is 1. The molecule has 2 nitrogen and oxygen atoms in total. The maximum Gasteiger partial charge on any atom is 0.133 e. The number of ketones is 1. The number of hydrogen-bond acceptors (Lipinski definition) is 2. The van der Waals surface area contributed by atoms with Gasteiger partial charge in [-0.2, -0.15) is 0 Å². The number of carbonyl (C=O) groups excluding carboxylic acids is 1. The Balaban J connectivity index is 2.55. The van der Waals surface area contributed by atoms with Crippen LogP contribution >= 0.6 is 0 Å². The molecule has 0 bridgehead atoms. The van der Waals surface area contributed by atoms with Crippen LogP contribution < -0.4 is 0 Å². The largest absolute Gasteiger partial charge is 0.384 e. The Morgan fingerprint density at radius 1 is 1.54 bits per heavy atom. The molecule has 0 saturated heterocycles. The third-order valence-electron chi connectivity index (χ3n) is 3.09. The summed E-state index contributed by atoms with van der Waals surface area (Å²) in [5.41, 5.74) is 0. The third kappa shape index (κ3) is 2.80. The van der Waals surface area contributed by atoms with Gasteiger partial charge in [0.05, 0.1) is 0 Å². The van der Waals surface area contributed by atoms with E-state index >= 15 is 0 Å². The molecule has 0 heterocycles. The van der Waals surface area contributed by atoms with E-state index in [1.807, 2.05) is 0 Å². The van der Waals surface area contributed by atoms with E-state index in [0.29, 0.717) is 23.5 Å². The molecule has 1 saturated carbocycles. The van der Waals surface area contributed by atoms with Crippen molar-refractivity contribution < 1.29 is 9.53 Å². The zero-order valence-electron chi connectivity index (χ0n) is 8.88.